The maximum Gasteiger partial charge on any atom is 0.187 e. The Balaban J connectivity index is 2.04. The Labute approximate surface area is 92.7 Å². The molecule has 0 spiro atoms. The molecule has 0 bridgehead atoms. The summed E-state index contributed by atoms with van der Waals surface area (Å²) in [5.41, 5.74) is 5.68. The molecule has 1 unspecified atom stereocenters. The summed E-state index contributed by atoms with van der Waals surface area (Å²) in [5.74, 6) is 1.21. The molecule has 1 aliphatic rings. The molecular formula is C9H15N3S2. The van der Waals surface area contributed by atoms with Crippen molar-refractivity contribution in [3.8, 4) is 0 Å². The van der Waals surface area contributed by atoms with Crippen LogP contribution in [-0.4, -0.2) is 29.1 Å². The first-order valence-corrected chi connectivity index (χ1v) is 6.74. The molecule has 5 heteroatoms. The minimum absolute atomic E-state index is 0.758. The second kappa shape index (κ2) is 4.40. The fraction of sp³-hybridized carbons (Fsp3) is 0.667. The lowest BCUT2D eigenvalue weighted by Gasteiger charge is -2.31. The Morgan fingerprint density at radius 2 is 2.57 bits per heavy atom. The molecule has 0 aromatic carbocycles. The minimum Gasteiger partial charge on any atom is -0.389 e. The highest BCUT2D eigenvalue weighted by Gasteiger charge is 2.20. The largest absolute Gasteiger partial charge is 0.389 e. The Morgan fingerprint density at radius 1 is 1.71 bits per heavy atom. The SMILES string of the molecule is CCC1CN(c2ncc(N)s2)CCS1. The van der Waals surface area contributed by atoms with Crippen LogP contribution in [0.5, 0.6) is 0 Å². The monoisotopic (exact) mass is 229 g/mol. The normalized spacial score (nSPS) is 22.6. The van der Waals surface area contributed by atoms with Crippen molar-refractivity contribution in [3.05, 3.63) is 6.20 Å². The van der Waals surface area contributed by atoms with E-state index in [1.54, 1.807) is 17.5 Å². The highest BCUT2D eigenvalue weighted by Crippen LogP contribution is 2.29. The van der Waals surface area contributed by atoms with Gasteiger partial charge in [-0.05, 0) is 6.42 Å². The lowest BCUT2D eigenvalue weighted by Crippen LogP contribution is -2.37. The van der Waals surface area contributed by atoms with Gasteiger partial charge in [-0.15, -0.1) is 0 Å². The Kier molecular flexibility index (Phi) is 3.18. The summed E-state index contributed by atoms with van der Waals surface area (Å²) in [4.78, 5) is 6.67. The first kappa shape index (κ1) is 10.1. The lowest BCUT2D eigenvalue weighted by atomic mass is 10.3. The van der Waals surface area contributed by atoms with Crippen molar-refractivity contribution in [1.82, 2.24) is 4.98 Å². The molecule has 2 heterocycles. The number of anilines is 2. The lowest BCUT2D eigenvalue weighted by molar-refractivity contribution is 0.726. The zero-order valence-electron chi connectivity index (χ0n) is 8.27. The van der Waals surface area contributed by atoms with Gasteiger partial charge in [0, 0.05) is 24.1 Å². The molecule has 1 aromatic rings. The number of hydrogen-bond donors (Lipinski definition) is 1. The highest BCUT2D eigenvalue weighted by molar-refractivity contribution is 8.00. The average molecular weight is 229 g/mol. The van der Waals surface area contributed by atoms with E-state index in [1.807, 2.05) is 0 Å². The number of aromatic nitrogens is 1. The van der Waals surface area contributed by atoms with Crippen LogP contribution in [0.3, 0.4) is 0 Å². The number of rotatable bonds is 2. The Hall–Kier alpha value is -0.420. The maximum absolute atomic E-state index is 5.68. The van der Waals surface area contributed by atoms with Crippen LogP contribution in [0.2, 0.25) is 0 Å². The van der Waals surface area contributed by atoms with Gasteiger partial charge in [-0.25, -0.2) is 4.98 Å². The fourth-order valence-corrected chi connectivity index (χ4v) is 3.46. The standard InChI is InChI=1S/C9H15N3S2/c1-2-7-6-12(3-4-13-7)9-11-5-8(10)14-9/h5,7H,2-4,6,10H2,1H3. The third-order valence-electron chi connectivity index (χ3n) is 2.38. The second-order valence-corrected chi connectivity index (χ2v) is 5.84. The number of hydrogen-bond acceptors (Lipinski definition) is 5. The minimum atomic E-state index is 0.758. The molecule has 3 nitrogen and oxygen atoms in total. The summed E-state index contributed by atoms with van der Waals surface area (Å²) < 4.78 is 0. The molecule has 1 aliphatic heterocycles. The van der Waals surface area contributed by atoms with Crippen molar-refractivity contribution in [2.75, 3.05) is 29.5 Å². The van der Waals surface area contributed by atoms with E-state index in [2.05, 4.69) is 28.6 Å². The zero-order valence-corrected chi connectivity index (χ0v) is 9.90. The van der Waals surface area contributed by atoms with E-state index >= 15 is 0 Å². The van der Waals surface area contributed by atoms with E-state index in [4.69, 9.17) is 5.73 Å². The summed E-state index contributed by atoms with van der Waals surface area (Å²) in [7, 11) is 0. The van der Waals surface area contributed by atoms with Crippen LogP contribution < -0.4 is 10.6 Å². The van der Waals surface area contributed by atoms with Crippen molar-refractivity contribution in [2.45, 2.75) is 18.6 Å². The first-order chi connectivity index (χ1) is 6.79. The summed E-state index contributed by atoms with van der Waals surface area (Å²) in [6.45, 7) is 4.47. The summed E-state index contributed by atoms with van der Waals surface area (Å²) in [5, 5.41) is 2.65. The topological polar surface area (TPSA) is 42.2 Å². The molecule has 1 saturated heterocycles. The first-order valence-electron chi connectivity index (χ1n) is 4.87. The highest BCUT2D eigenvalue weighted by atomic mass is 32.2. The van der Waals surface area contributed by atoms with Crippen molar-refractivity contribution in [2.24, 2.45) is 0 Å². The molecule has 0 amide bonds. The summed E-state index contributed by atoms with van der Waals surface area (Å²) >= 11 is 3.66. The van der Waals surface area contributed by atoms with E-state index in [9.17, 15) is 0 Å². The number of thioether (sulfide) groups is 1. The van der Waals surface area contributed by atoms with Crippen LogP contribution in [0.1, 0.15) is 13.3 Å². The van der Waals surface area contributed by atoms with Crippen LogP contribution in [0.25, 0.3) is 0 Å². The number of nitrogens with two attached hydrogens (primary N) is 1. The number of nitrogens with zero attached hydrogens (tertiary/aromatic N) is 2. The molecule has 1 fully saturated rings. The van der Waals surface area contributed by atoms with E-state index in [-0.39, 0.29) is 0 Å². The third kappa shape index (κ3) is 2.15. The van der Waals surface area contributed by atoms with Crippen molar-refractivity contribution < 1.29 is 0 Å². The number of thiazole rings is 1. The summed E-state index contributed by atoms with van der Waals surface area (Å²) in [6.07, 6.45) is 2.99. The van der Waals surface area contributed by atoms with Crippen LogP contribution >= 0.6 is 23.1 Å². The molecule has 0 aliphatic carbocycles. The van der Waals surface area contributed by atoms with Crippen LogP contribution in [0.15, 0.2) is 6.20 Å². The van der Waals surface area contributed by atoms with Gasteiger partial charge in [-0.1, -0.05) is 18.3 Å². The van der Waals surface area contributed by atoms with Gasteiger partial charge in [0.25, 0.3) is 0 Å². The van der Waals surface area contributed by atoms with Crippen molar-refractivity contribution in [3.63, 3.8) is 0 Å². The number of nitrogen functional groups attached to an aromatic ring is 1. The van der Waals surface area contributed by atoms with Gasteiger partial charge >= 0.3 is 0 Å². The Morgan fingerprint density at radius 3 is 3.21 bits per heavy atom. The van der Waals surface area contributed by atoms with Crippen LogP contribution in [0, 0.1) is 0 Å². The molecule has 78 valence electrons. The fourth-order valence-electron chi connectivity index (χ4n) is 1.56. The quantitative estimate of drug-likeness (QED) is 0.843. The van der Waals surface area contributed by atoms with E-state index in [1.165, 1.54) is 12.2 Å². The van der Waals surface area contributed by atoms with E-state index in [0.29, 0.717) is 0 Å². The molecule has 2 rings (SSSR count). The molecule has 1 atom stereocenters. The van der Waals surface area contributed by atoms with Crippen LogP contribution in [-0.2, 0) is 0 Å². The molecule has 0 saturated carbocycles. The van der Waals surface area contributed by atoms with Gasteiger partial charge in [-0.3, -0.25) is 0 Å². The zero-order chi connectivity index (χ0) is 9.97. The molecule has 2 N–H and O–H groups in total. The molecule has 1 aromatic heterocycles. The predicted octanol–water partition coefficient (Wildman–Crippen LogP) is 2.06. The van der Waals surface area contributed by atoms with Crippen LogP contribution in [0.4, 0.5) is 10.1 Å². The van der Waals surface area contributed by atoms with Gasteiger partial charge in [0.15, 0.2) is 5.13 Å². The van der Waals surface area contributed by atoms with Gasteiger partial charge < -0.3 is 10.6 Å². The van der Waals surface area contributed by atoms with Gasteiger partial charge in [-0.2, -0.15) is 11.8 Å². The Bertz CT molecular complexity index is 300. The molecule has 14 heavy (non-hydrogen) atoms. The van der Waals surface area contributed by atoms with Gasteiger partial charge in [0.2, 0.25) is 0 Å². The smallest absolute Gasteiger partial charge is 0.187 e. The molecule has 0 radical (unpaired) electrons. The van der Waals surface area contributed by atoms with Gasteiger partial charge in [0.05, 0.1) is 6.20 Å². The van der Waals surface area contributed by atoms with Gasteiger partial charge in [0.1, 0.15) is 5.00 Å². The summed E-state index contributed by atoms with van der Waals surface area (Å²) in [6, 6.07) is 0. The van der Waals surface area contributed by atoms with Crippen molar-refractivity contribution >= 4 is 33.2 Å². The predicted molar refractivity (Wildman–Crippen MR) is 65.3 cm³/mol. The van der Waals surface area contributed by atoms with E-state index < -0.39 is 0 Å². The third-order valence-corrected chi connectivity index (χ3v) is 4.64. The molecular weight excluding hydrogens is 214 g/mol. The second-order valence-electron chi connectivity index (χ2n) is 3.39. The van der Waals surface area contributed by atoms with Crippen molar-refractivity contribution in [1.29, 1.82) is 0 Å². The maximum atomic E-state index is 5.68. The van der Waals surface area contributed by atoms with E-state index in [0.717, 1.165) is 28.5 Å². The average Bonchev–Trinajstić information content (AvgIpc) is 2.65.